The van der Waals surface area contributed by atoms with Crippen molar-refractivity contribution in [2.24, 2.45) is 5.73 Å². The standard InChI is InChI=1S/C32H32F4N6O5/c1-20-29(39-14-12-38(13-15-39)17-21-10-11-28(43)27(16-21)42(46)47)30(44)41(19-26(37)22-6-3-2-4-7-22)31(45)40(20)18-23-24(32(34,35)36)8-5-9-25(23)33/h2-11,16,26,43H,12-15,17-19,37H2,1H3/t26-/m1/s1. The molecule has 1 fully saturated rings. The highest BCUT2D eigenvalue weighted by atomic mass is 19.4. The van der Waals surface area contributed by atoms with Gasteiger partial charge in [-0.15, -0.1) is 0 Å². The predicted molar refractivity (Wildman–Crippen MR) is 166 cm³/mol. The molecule has 5 rings (SSSR count). The summed E-state index contributed by atoms with van der Waals surface area (Å²) >= 11 is 0. The molecule has 3 aromatic carbocycles. The third-order valence-electron chi connectivity index (χ3n) is 8.34. The first-order valence-electron chi connectivity index (χ1n) is 14.7. The molecule has 1 aromatic heterocycles. The Morgan fingerprint density at radius 1 is 0.957 bits per heavy atom. The number of nitro groups is 1. The van der Waals surface area contributed by atoms with Crippen molar-refractivity contribution in [2.45, 2.75) is 38.8 Å². The van der Waals surface area contributed by atoms with Gasteiger partial charge in [0.05, 0.1) is 23.6 Å². The highest BCUT2D eigenvalue weighted by Crippen LogP contribution is 2.34. The molecule has 0 amide bonds. The Bertz CT molecular complexity index is 1900. The van der Waals surface area contributed by atoms with Gasteiger partial charge in [0.1, 0.15) is 11.5 Å². The molecule has 3 N–H and O–H groups in total. The number of anilines is 1. The van der Waals surface area contributed by atoms with Crippen LogP contribution in [0.15, 0.2) is 76.3 Å². The second-order valence-electron chi connectivity index (χ2n) is 11.3. The number of hydrogen-bond donors (Lipinski definition) is 2. The maximum absolute atomic E-state index is 14.9. The van der Waals surface area contributed by atoms with Crippen molar-refractivity contribution < 1.29 is 27.6 Å². The van der Waals surface area contributed by atoms with Gasteiger partial charge in [-0.1, -0.05) is 42.5 Å². The van der Waals surface area contributed by atoms with Crippen molar-refractivity contribution in [2.75, 3.05) is 31.1 Å². The largest absolute Gasteiger partial charge is 0.502 e. The first kappa shape index (κ1) is 33.3. The lowest BCUT2D eigenvalue weighted by molar-refractivity contribution is -0.385. The Balaban J connectivity index is 1.51. The second kappa shape index (κ2) is 13.4. The topological polar surface area (TPSA) is 140 Å². The van der Waals surface area contributed by atoms with Crippen molar-refractivity contribution in [3.8, 4) is 5.75 Å². The Labute approximate surface area is 265 Å². The molecule has 248 valence electrons. The van der Waals surface area contributed by atoms with Crippen LogP contribution >= 0.6 is 0 Å². The number of benzene rings is 3. The lowest BCUT2D eigenvalue weighted by atomic mass is 10.1. The van der Waals surface area contributed by atoms with Gasteiger partial charge >= 0.3 is 17.6 Å². The average molecular weight is 657 g/mol. The number of aromatic hydroxyl groups is 1. The molecule has 11 nitrogen and oxygen atoms in total. The normalized spacial score (nSPS) is 14.7. The van der Waals surface area contributed by atoms with Crippen LogP contribution in [-0.2, 0) is 25.8 Å². The minimum atomic E-state index is -4.89. The van der Waals surface area contributed by atoms with E-state index in [1.54, 1.807) is 41.3 Å². The number of nitrogens with zero attached hydrogens (tertiary/aromatic N) is 5. The van der Waals surface area contributed by atoms with E-state index in [4.69, 9.17) is 5.73 Å². The van der Waals surface area contributed by atoms with E-state index in [1.807, 2.05) is 4.90 Å². The predicted octanol–water partition coefficient (Wildman–Crippen LogP) is 4.16. The zero-order valence-electron chi connectivity index (χ0n) is 25.3. The van der Waals surface area contributed by atoms with Crippen LogP contribution in [0.3, 0.4) is 0 Å². The highest BCUT2D eigenvalue weighted by molar-refractivity contribution is 5.50. The molecular weight excluding hydrogens is 624 g/mol. The van der Waals surface area contributed by atoms with Gasteiger partial charge in [-0.3, -0.25) is 28.9 Å². The number of hydrogen-bond acceptors (Lipinski definition) is 8. The van der Waals surface area contributed by atoms with Gasteiger partial charge in [0.15, 0.2) is 5.75 Å². The van der Waals surface area contributed by atoms with Gasteiger partial charge in [0.25, 0.3) is 5.56 Å². The minimum absolute atomic E-state index is 0.0727. The Hall–Kier alpha value is -5.02. The number of piperazine rings is 1. The summed E-state index contributed by atoms with van der Waals surface area (Å²) in [5.74, 6) is -1.59. The lowest BCUT2D eigenvalue weighted by Crippen LogP contribution is -2.51. The number of phenols is 1. The number of nitrogens with two attached hydrogens (primary N) is 1. The van der Waals surface area contributed by atoms with Crippen molar-refractivity contribution in [1.82, 2.24) is 14.0 Å². The fourth-order valence-corrected chi connectivity index (χ4v) is 5.84. The molecule has 0 unspecified atom stereocenters. The molecular formula is C32H32F4N6O5. The molecule has 0 aliphatic carbocycles. The summed E-state index contributed by atoms with van der Waals surface area (Å²) in [5.41, 5.74) is 3.76. The molecule has 15 heteroatoms. The first-order chi connectivity index (χ1) is 22.3. The molecule has 0 spiro atoms. The number of phenolic OH excluding ortho intramolecular Hbond substituents is 1. The molecule has 1 aliphatic heterocycles. The number of nitro benzene ring substituents is 1. The fraction of sp³-hybridized carbons (Fsp3) is 0.312. The van der Waals surface area contributed by atoms with Crippen LogP contribution in [0, 0.1) is 22.9 Å². The highest BCUT2D eigenvalue weighted by Gasteiger charge is 2.35. The van der Waals surface area contributed by atoms with Crippen molar-refractivity contribution in [3.05, 3.63) is 131 Å². The van der Waals surface area contributed by atoms with Crippen molar-refractivity contribution in [1.29, 1.82) is 0 Å². The Morgan fingerprint density at radius 3 is 2.28 bits per heavy atom. The summed E-state index contributed by atoms with van der Waals surface area (Å²) in [6, 6.07) is 14.6. The maximum Gasteiger partial charge on any atom is 0.416 e. The fourth-order valence-electron chi connectivity index (χ4n) is 5.84. The summed E-state index contributed by atoms with van der Waals surface area (Å²) in [6.45, 7) is 2.02. The van der Waals surface area contributed by atoms with E-state index in [9.17, 15) is 42.4 Å². The van der Waals surface area contributed by atoms with Crippen LogP contribution in [0.5, 0.6) is 5.75 Å². The third kappa shape index (κ3) is 7.05. The smallest absolute Gasteiger partial charge is 0.416 e. The Morgan fingerprint density at radius 2 is 1.64 bits per heavy atom. The minimum Gasteiger partial charge on any atom is -0.502 e. The van der Waals surface area contributed by atoms with E-state index in [0.717, 1.165) is 27.3 Å². The van der Waals surface area contributed by atoms with E-state index in [-0.39, 0.29) is 31.0 Å². The van der Waals surface area contributed by atoms with E-state index in [1.165, 1.54) is 19.1 Å². The van der Waals surface area contributed by atoms with Gasteiger partial charge in [-0.25, -0.2) is 9.18 Å². The van der Waals surface area contributed by atoms with Crippen molar-refractivity contribution in [3.63, 3.8) is 0 Å². The van der Waals surface area contributed by atoms with Crippen LogP contribution in [-0.4, -0.2) is 50.2 Å². The van der Waals surface area contributed by atoms with E-state index < -0.39 is 63.3 Å². The van der Waals surface area contributed by atoms with Crippen LogP contribution in [0.1, 0.15) is 34.0 Å². The number of alkyl halides is 3. The third-order valence-corrected chi connectivity index (χ3v) is 8.34. The van der Waals surface area contributed by atoms with Gasteiger partial charge < -0.3 is 15.7 Å². The maximum atomic E-state index is 14.9. The number of aromatic nitrogens is 2. The lowest BCUT2D eigenvalue weighted by Gasteiger charge is -2.37. The molecule has 47 heavy (non-hydrogen) atoms. The quantitative estimate of drug-likeness (QED) is 0.156. The molecule has 0 bridgehead atoms. The van der Waals surface area contributed by atoms with Crippen LogP contribution in [0.2, 0.25) is 0 Å². The summed E-state index contributed by atoms with van der Waals surface area (Å²) in [7, 11) is 0. The molecule has 0 saturated carbocycles. The van der Waals surface area contributed by atoms with Crippen molar-refractivity contribution >= 4 is 11.4 Å². The summed E-state index contributed by atoms with van der Waals surface area (Å²) in [6.07, 6.45) is -4.89. The van der Waals surface area contributed by atoms with Crippen LogP contribution < -0.4 is 21.9 Å². The molecule has 1 atom stereocenters. The SMILES string of the molecule is Cc1c(N2CCN(Cc3ccc(O)c([N+](=O)[O-])c3)CC2)c(=O)n(C[C@@H](N)c2ccccc2)c(=O)n1Cc1c(F)cccc1C(F)(F)F. The molecule has 2 heterocycles. The molecule has 4 aromatic rings. The summed E-state index contributed by atoms with van der Waals surface area (Å²) in [4.78, 5) is 42.1. The summed E-state index contributed by atoms with van der Waals surface area (Å²) < 4.78 is 58.5. The van der Waals surface area contributed by atoms with E-state index in [2.05, 4.69) is 0 Å². The van der Waals surface area contributed by atoms with E-state index in [0.29, 0.717) is 30.8 Å². The van der Waals surface area contributed by atoms with E-state index >= 15 is 0 Å². The number of rotatable bonds is 9. The summed E-state index contributed by atoms with van der Waals surface area (Å²) in [5, 5.41) is 21.0. The molecule has 1 aliphatic rings. The molecule has 1 saturated heterocycles. The first-order valence-corrected chi connectivity index (χ1v) is 14.7. The zero-order chi connectivity index (χ0) is 34.0. The van der Waals surface area contributed by atoms with Gasteiger partial charge in [-0.05, 0) is 36.2 Å². The van der Waals surface area contributed by atoms with Gasteiger partial charge in [0, 0.05) is 56.1 Å². The zero-order valence-corrected chi connectivity index (χ0v) is 25.3. The van der Waals surface area contributed by atoms with Crippen LogP contribution in [0.25, 0.3) is 0 Å². The Kier molecular flexibility index (Phi) is 9.49. The average Bonchev–Trinajstić information content (AvgIpc) is 3.03. The van der Waals surface area contributed by atoms with Crippen LogP contribution in [0.4, 0.5) is 28.9 Å². The van der Waals surface area contributed by atoms with Gasteiger partial charge in [0.2, 0.25) is 0 Å². The molecule has 0 radical (unpaired) electrons. The monoisotopic (exact) mass is 656 g/mol. The second-order valence-corrected chi connectivity index (χ2v) is 11.3. The number of halogens is 4. The van der Waals surface area contributed by atoms with Gasteiger partial charge in [-0.2, -0.15) is 13.2 Å².